The molecule has 1 fully saturated rings. The largest absolute Gasteiger partial charge is 0.391 e. The first kappa shape index (κ1) is 14.8. The van der Waals surface area contributed by atoms with E-state index < -0.39 is 23.9 Å². The number of alkyl halides is 3. The lowest BCUT2D eigenvalue weighted by molar-refractivity contribution is -0.183. The fourth-order valence-electron chi connectivity index (χ4n) is 2.68. The standard InChI is InChI=1S/C14H13F4N3O/c15-11-2-1-9-8-19-21(12(9)7-11)13(22)20-5-3-10(4-6-20)14(16,17)18/h1-2,7-8,10H,3-6H2. The van der Waals surface area contributed by atoms with E-state index in [1.165, 1.54) is 29.3 Å². The van der Waals surface area contributed by atoms with E-state index in [4.69, 9.17) is 0 Å². The zero-order valence-electron chi connectivity index (χ0n) is 11.5. The Morgan fingerprint density at radius 2 is 1.91 bits per heavy atom. The van der Waals surface area contributed by atoms with Gasteiger partial charge >= 0.3 is 12.2 Å². The summed E-state index contributed by atoms with van der Waals surface area (Å²) >= 11 is 0. The van der Waals surface area contributed by atoms with Crippen molar-refractivity contribution in [2.24, 2.45) is 5.92 Å². The highest BCUT2D eigenvalue weighted by Crippen LogP contribution is 2.34. The van der Waals surface area contributed by atoms with Crippen LogP contribution in [-0.4, -0.2) is 40.0 Å². The van der Waals surface area contributed by atoms with Crippen molar-refractivity contribution in [3.8, 4) is 0 Å². The first-order valence-corrected chi connectivity index (χ1v) is 6.85. The Hall–Kier alpha value is -2.12. The van der Waals surface area contributed by atoms with Crippen LogP contribution in [0.5, 0.6) is 0 Å². The number of piperidine rings is 1. The van der Waals surface area contributed by atoms with Gasteiger partial charge < -0.3 is 4.90 Å². The maximum atomic E-state index is 13.3. The number of benzene rings is 1. The molecule has 1 aromatic carbocycles. The molecule has 118 valence electrons. The lowest BCUT2D eigenvalue weighted by Crippen LogP contribution is -2.44. The van der Waals surface area contributed by atoms with Crippen molar-refractivity contribution in [1.82, 2.24) is 14.7 Å². The Morgan fingerprint density at radius 1 is 1.23 bits per heavy atom. The van der Waals surface area contributed by atoms with Gasteiger partial charge in [-0.3, -0.25) is 0 Å². The van der Waals surface area contributed by atoms with E-state index in [-0.39, 0.29) is 25.9 Å². The van der Waals surface area contributed by atoms with Crippen LogP contribution in [0.1, 0.15) is 12.8 Å². The van der Waals surface area contributed by atoms with Crippen molar-refractivity contribution in [2.75, 3.05) is 13.1 Å². The molecule has 1 saturated heterocycles. The second kappa shape index (κ2) is 5.26. The Bertz CT molecular complexity index is 702. The second-order valence-corrected chi connectivity index (χ2v) is 5.35. The molecule has 3 rings (SSSR count). The normalized spacial score (nSPS) is 17.2. The number of nitrogens with zero attached hydrogens (tertiary/aromatic N) is 3. The van der Waals surface area contributed by atoms with Crippen LogP contribution in [0.3, 0.4) is 0 Å². The van der Waals surface area contributed by atoms with E-state index in [1.807, 2.05) is 0 Å². The minimum absolute atomic E-state index is 0.0136. The summed E-state index contributed by atoms with van der Waals surface area (Å²) in [6.45, 7) is 0.0271. The summed E-state index contributed by atoms with van der Waals surface area (Å²) in [7, 11) is 0. The minimum atomic E-state index is -4.23. The van der Waals surface area contributed by atoms with Crippen LogP contribution >= 0.6 is 0 Å². The van der Waals surface area contributed by atoms with Crippen molar-refractivity contribution < 1.29 is 22.4 Å². The van der Waals surface area contributed by atoms with Gasteiger partial charge in [0.25, 0.3) is 0 Å². The third-order valence-corrected chi connectivity index (χ3v) is 3.94. The van der Waals surface area contributed by atoms with Crippen LogP contribution in [0.25, 0.3) is 10.9 Å². The lowest BCUT2D eigenvalue weighted by Gasteiger charge is -2.32. The molecule has 2 aromatic rings. The molecule has 1 aromatic heterocycles. The third-order valence-electron chi connectivity index (χ3n) is 3.94. The molecule has 0 aliphatic carbocycles. The topological polar surface area (TPSA) is 38.1 Å². The average molecular weight is 315 g/mol. The number of carbonyl (C=O) groups is 1. The minimum Gasteiger partial charge on any atom is -0.323 e. The molecule has 1 aliphatic rings. The van der Waals surface area contributed by atoms with Crippen molar-refractivity contribution in [2.45, 2.75) is 19.0 Å². The van der Waals surface area contributed by atoms with E-state index in [9.17, 15) is 22.4 Å². The fourth-order valence-corrected chi connectivity index (χ4v) is 2.68. The zero-order valence-corrected chi connectivity index (χ0v) is 11.5. The summed E-state index contributed by atoms with van der Waals surface area (Å²) in [6, 6.07) is 3.41. The quantitative estimate of drug-likeness (QED) is 0.699. The predicted octanol–water partition coefficient (Wildman–Crippen LogP) is 3.42. The van der Waals surface area contributed by atoms with Crippen LogP contribution in [0.15, 0.2) is 24.4 Å². The maximum Gasteiger partial charge on any atom is 0.391 e. The van der Waals surface area contributed by atoms with E-state index in [0.29, 0.717) is 10.9 Å². The van der Waals surface area contributed by atoms with Gasteiger partial charge in [0.2, 0.25) is 0 Å². The number of rotatable bonds is 0. The number of amides is 1. The van der Waals surface area contributed by atoms with Gasteiger partial charge in [-0.2, -0.15) is 23.0 Å². The Morgan fingerprint density at radius 3 is 2.55 bits per heavy atom. The van der Waals surface area contributed by atoms with Crippen LogP contribution in [0.2, 0.25) is 0 Å². The maximum absolute atomic E-state index is 13.3. The summed E-state index contributed by atoms with van der Waals surface area (Å²) in [6.07, 6.45) is -3.04. The average Bonchev–Trinajstić information content (AvgIpc) is 2.88. The van der Waals surface area contributed by atoms with Gasteiger partial charge in [-0.15, -0.1) is 0 Å². The van der Waals surface area contributed by atoms with Crippen LogP contribution in [0, 0.1) is 11.7 Å². The lowest BCUT2D eigenvalue weighted by atomic mass is 9.96. The van der Waals surface area contributed by atoms with E-state index in [2.05, 4.69) is 5.10 Å². The van der Waals surface area contributed by atoms with Crippen LogP contribution < -0.4 is 0 Å². The summed E-state index contributed by atoms with van der Waals surface area (Å²) in [5.41, 5.74) is 0.308. The molecular weight excluding hydrogens is 302 g/mol. The molecule has 4 nitrogen and oxygen atoms in total. The Balaban J connectivity index is 1.78. The molecule has 0 atom stereocenters. The van der Waals surface area contributed by atoms with Gasteiger partial charge in [-0.1, -0.05) is 0 Å². The van der Waals surface area contributed by atoms with Crippen molar-refractivity contribution in [3.63, 3.8) is 0 Å². The van der Waals surface area contributed by atoms with Crippen LogP contribution in [-0.2, 0) is 0 Å². The van der Waals surface area contributed by atoms with Crippen molar-refractivity contribution in [1.29, 1.82) is 0 Å². The smallest absolute Gasteiger partial charge is 0.323 e. The van der Waals surface area contributed by atoms with Gasteiger partial charge in [0.15, 0.2) is 0 Å². The number of halogens is 4. The molecule has 0 bridgehead atoms. The second-order valence-electron chi connectivity index (χ2n) is 5.35. The first-order chi connectivity index (χ1) is 10.4. The van der Waals surface area contributed by atoms with Crippen molar-refractivity contribution in [3.05, 3.63) is 30.2 Å². The summed E-state index contributed by atoms with van der Waals surface area (Å²) in [5.74, 6) is -1.87. The molecule has 0 N–H and O–H groups in total. The molecule has 0 saturated carbocycles. The van der Waals surface area contributed by atoms with Gasteiger partial charge in [0.05, 0.1) is 17.6 Å². The monoisotopic (exact) mass is 315 g/mol. The Labute approximate surface area is 123 Å². The summed E-state index contributed by atoms with van der Waals surface area (Å²) in [5, 5.41) is 4.51. The van der Waals surface area contributed by atoms with E-state index in [1.54, 1.807) is 0 Å². The molecule has 1 amide bonds. The predicted molar refractivity (Wildman–Crippen MR) is 70.8 cm³/mol. The fraction of sp³-hybridized carbons (Fsp3) is 0.429. The van der Waals surface area contributed by atoms with Crippen molar-refractivity contribution >= 4 is 16.9 Å². The summed E-state index contributed by atoms with van der Waals surface area (Å²) < 4.78 is 52.2. The zero-order chi connectivity index (χ0) is 15.9. The molecular formula is C14H13F4N3O. The highest BCUT2D eigenvalue weighted by atomic mass is 19.4. The number of hydrogen-bond acceptors (Lipinski definition) is 2. The SMILES string of the molecule is O=C(N1CCC(C(F)(F)F)CC1)n1ncc2ccc(F)cc21. The van der Waals surface area contributed by atoms with E-state index >= 15 is 0 Å². The molecule has 8 heteroatoms. The molecule has 22 heavy (non-hydrogen) atoms. The van der Waals surface area contributed by atoms with Gasteiger partial charge in [-0.05, 0) is 25.0 Å². The number of hydrogen-bond donors (Lipinski definition) is 0. The molecule has 2 heterocycles. The molecule has 0 radical (unpaired) electrons. The van der Waals surface area contributed by atoms with Crippen LogP contribution in [0.4, 0.5) is 22.4 Å². The molecule has 0 spiro atoms. The molecule has 0 unspecified atom stereocenters. The number of likely N-dealkylation sites (tertiary alicyclic amines) is 1. The van der Waals surface area contributed by atoms with Gasteiger partial charge in [0.1, 0.15) is 5.82 Å². The highest BCUT2D eigenvalue weighted by molar-refractivity contribution is 5.89. The first-order valence-electron chi connectivity index (χ1n) is 6.85. The molecule has 1 aliphatic heterocycles. The number of fused-ring (bicyclic) bond motifs is 1. The van der Waals surface area contributed by atoms with E-state index in [0.717, 1.165) is 4.68 Å². The Kier molecular flexibility index (Phi) is 3.54. The summed E-state index contributed by atoms with van der Waals surface area (Å²) in [4.78, 5) is 13.7. The van der Waals surface area contributed by atoms with Gasteiger partial charge in [0, 0.05) is 24.5 Å². The number of carbonyl (C=O) groups excluding carboxylic acids is 1. The number of aromatic nitrogens is 2. The highest BCUT2D eigenvalue weighted by Gasteiger charge is 2.42. The third kappa shape index (κ3) is 2.65. The van der Waals surface area contributed by atoms with Gasteiger partial charge in [-0.25, -0.2) is 9.18 Å².